The minimum atomic E-state index is -1.16. The smallest absolute Gasteiger partial charge is 0.326 e. The summed E-state index contributed by atoms with van der Waals surface area (Å²) < 4.78 is 4.83. The second kappa shape index (κ2) is 6.90. The molecule has 0 aromatic heterocycles. The second-order valence-corrected chi connectivity index (χ2v) is 4.15. The van der Waals surface area contributed by atoms with E-state index >= 15 is 0 Å². The molecule has 1 aliphatic heterocycles. The van der Waals surface area contributed by atoms with Crippen LogP contribution in [0, 0.1) is 0 Å². The molecule has 1 rings (SSSR count). The van der Waals surface area contributed by atoms with Crippen LogP contribution in [0.25, 0.3) is 0 Å². The van der Waals surface area contributed by atoms with Gasteiger partial charge in [0.25, 0.3) is 0 Å². The van der Waals surface area contributed by atoms with E-state index in [2.05, 4.69) is 5.32 Å². The van der Waals surface area contributed by atoms with Crippen molar-refractivity contribution in [1.29, 1.82) is 0 Å². The largest absolute Gasteiger partial charge is 0.480 e. The summed E-state index contributed by atoms with van der Waals surface area (Å²) in [6.07, 6.45) is -0.820. The highest BCUT2D eigenvalue weighted by molar-refractivity contribution is 5.83. The Morgan fingerprint density at radius 3 is 2.68 bits per heavy atom. The number of nitrogens with two attached hydrogens (primary N) is 1. The Morgan fingerprint density at radius 1 is 1.42 bits per heavy atom. The minimum absolute atomic E-state index is 0.0148. The van der Waals surface area contributed by atoms with Crippen LogP contribution in [0.4, 0.5) is 4.79 Å². The molecule has 5 N–H and O–H groups in total. The van der Waals surface area contributed by atoms with E-state index in [0.717, 1.165) is 4.90 Å². The number of urea groups is 1. The predicted octanol–water partition coefficient (Wildman–Crippen LogP) is -2.28. The summed E-state index contributed by atoms with van der Waals surface area (Å²) in [4.78, 5) is 34.0. The van der Waals surface area contributed by atoms with Crippen LogP contribution in [-0.4, -0.2) is 71.5 Å². The van der Waals surface area contributed by atoms with Crippen LogP contribution >= 0.6 is 0 Å². The molecular formula is C10H17N3O6. The molecule has 0 aromatic rings. The number of aliphatic hydroxyl groups is 1. The van der Waals surface area contributed by atoms with Crippen LogP contribution < -0.4 is 11.1 Å². The lowest BCUT2D eigenvalue weighted by Crippen LogP contribution is -2.47. The number of carbonyl (C=O) groups is 3. The number of likely N-dealkylation sites (tertiary alicyclic amines) is 1. The zero-order valence-electron chi connectivity index (χ0n) is 10.2. The Kier molecular flexibility index (Phi) is 5.52. The molecule has 2 atom stereocenters. The SMILES string of the molecule is NC(=O)COCCNC(=O)N1CC(O)CC1C(=O)O. The third kappa shape index (κ3) is 4.72. The van der Waals surface area contributed by atoms with E-state index in [0.29, 0.717) is 0 Å². The van der Waals surface area contributed by atoms with Gasteiger partial charge in [0.1, 0.15) is 12.6 Å². The van der Waals surface area contributed by atoms with Crippen LogP contribution in [0.15, 0.2) is 0 Å². The van der Waals surface area contributed by atoms with Gasteiger partial charge in [0.2, 0.25) is 5.91 Å². The van der Waals surface area contributed by atoms with Gasteiger partial charge in [-0.3, -0.25) is 4.79 Å². The Morgan fingerprint density at radius 2 is 2.11 bits per heavy atom. The second-order valence-electron chi connectivity index (χ2n) is 4.15. The summed E-state index contributed by atoms with van der Waals surface area (Å²) in [6.45, 7) is -0.0607. The zero-order chi connectivity index (χ0) is 14.4. The number of aliphatic hydroxyl groups excluding tert-OH is 1. The minimum Gasteiger partial charge on any atom is -0.480 e. The number of nitrogens with zero attached hydrogens (tertiary/aromatic N) is 1. The van der Waals surface area contributed by atoms with Crippen molar-refractivity contribution >= 4 is 17.9 Å². The van der Waals surface area contributed by atoms with Gasteiger partial charge in [0.05, 0.1) is 12.7 Å². The van der Waals surface area contributed by atoms with Crippen molar-refractivity contribution in [2.24, 2.45) is 5.73 Å². The van der Waals surface area contributed by atoms with Crippen molar-refractivity contribution in [3.8, 4) is 0 Å². The highest BCUT2D eigenvalue weighted by Gasteiger charge is 2.38. The molecule has 9 nitrogen and oxygen atoms in total. The molecular weight excluding hydrogens is 258 g/mol. The number of nitrogens with one attached hydrogen (secondary N) is 1. The molecule has 0 aliphatic carbocycles. The van der Waals surface area contributed by atoms with Crippen molar-refractivity contribution < 1.29 is 29.3 Å². The number of carboxylic acid groups (broad SMARTS) is 1. The number of hydrogen-bond donors (Lipinski definition) is 4. The van der Waals surface area contributed by atoms with E-state index in [1.54, 1.807) is 0 Å². The number of β-amino-alcohol motifs (C(OH)–C–C–N with tert-alkyl or cyclic N) is 1. The lowest BCUT2D eigenvalue weighted by atomic mass is 10.2. The summed E-state index contributed by atoms with van der Waals surface area (Å²) in [5, 5.41) is 20.7. The van der Waals surface area contributed by atoms with Crippen molar-refractivity contribution in [1.82, 2.24) is 10.2 Å². The molecule has 1 aliphatic rings. The summed E-state index contributed by atoms with van der Waals surface area (Å²) in [5.74, 6) is -1.77. The molecule has 1 heterocycles. The number of ether oxygens (including phenoxy) is 1. The van der Waals surface area contributed by atoms with Crippen LogP contribution in [0.3, 0.4) is 0 Å². The molecule has 0 saturated carbocycles. The molecule has 2 unspecified atom stereocenters. The van der Waals surface area contributed by atoms with Gasteiger partial charge in [-0.25, -0.2) is 9.59 Å². The number of carboxylic acids is 1. The first-order chi connectivity index (χ1) is 8.91. The lowest BCUT2D eigenvalue weighted by Gasteiger charge is -2.21. The Hall–Kier alpha value is -1.87. The van der Waals surface area contributed by atoms with Gasteiger partial charge in [0.15, 0.2) is 0 Å². The molecule has 3 amide bonds. The summed E-state index contributed by atoms with van der Waals surface area (Å²) in [5.41, 5.74) is 4.85. The van der Waals surface area contributed by atoms with E-state index in [1.165, 1.54) is 0 Å². The van der Waals surface area contributed by atoms with E-state index in [-0.39, 0.29) is 32.7 Å². The van der Waals surface area contributed by atoms with Crippen LogP contribution in [0.5, 0.6) is 0 Å². The van der Waals surface area contributed by atoms with Gasteiger partial charge in [0, 0.05) is 19.5 Å². The molecule has 108 valence electrons. The molecule has 1 saturated heterocycles. The molecule has 0 spiro atoms. The third-order valence-electron chi connectivity index (χ3n) is 2.59. The normalized spacial score (nSPS) is 22.3. The quantitative estimate of drug-likeness (QED) is 0.402. The monoisotopic (exact) mass is 275 g/mol. The fourth-order valence-electron chi connectivity index (χ4n) is 1.78. The topological polar surface area (TPSA) is 142 Å². The molecule has 19 heavy (non-hydrogen) atoms. The van der Waals surface area contributed by atoms with E-state index in [4.69, 9.17) is 15.6 Å². The number of rotatable bonds is 6. The number of primary amides is 1. The Labute approximate surface area is 109 Å². The first-order valence-corrected chi connectivity index (χ1v) is 5.73. The maximum absolute atomic E-state index is 11.7. The summed E-state index contributed by atoms with van der Waals surface area (Å²) in [7, 11) is 0. The summed E-state index contributed by atoms with van der Waals surface area (Å²) in [6, 6.07) is -1.62. The van der Waals surface area contributed by atoms with E-state index < -0.39 is 30.1 Å². The lowest BCUT2D eigenvalue weighted by molar-refractivity contribution is -0.141. The van der Waals surface area contributed by atoms with Crippen molar-refractivity contribution in [3.63, 3.8) is 0 Å². The average molecular weight is 275 g/mol. The third-order valence-corrected chi connectivity index (χ3v) is 2.59. The molecule has 9 heteroatoms. The predicted molar refractivity (Wildman–Crippen MR) is 62.2 cm³/mol. The van der Waals surface area contributed by atoms with Gasteiger partial charge in [-0.2, -0.15) is 0 Å². The van der Waals surface area contributed by atoms with Gasteiger partial charge in [-0.05, 0) is 0 Å². The van der Waals surface area contributed by atoms with E-state index in [9.17, 15) is 19.5 Å². The molecule has 0 radical (unpaired) electrons. The number of carbonyl (C=O) groups excluding carboxylic acids is 2. The van der Waals surface area contributed by atoms with Gasteiger partial charge in [-0.1, -0.05) is 0 Å². The van der Waals surface area contributed by atoms with Gasteiger partial charge >= 0.3 is 12.0 Å². The van der Waals surface area contributed by atoms with Crippen molar-refractivity contribution in [2.75, 3.05) is 26.3 Å². The Balaban J connectivity index is 2.32. The maximum Gasteiger partial charge on any atom is 0.326 e. The van der Waals surface area contributed by atoms with Crippen LogP contribution in [0.1, 0.15) is 6.42 Å². The number of aliphatic carboxylic acids is 1. The highest BCUT2D eigenvalue weighted by atomic mass is 16.5. The first-order valence-electron chi connectivity index (χ1n) is 5.73. The van der Waals surface area contributed by atoms with Gasteiger partial charge < -0.3 is 30.9 Å². The van der Waals surface area contributed by atoms with Crippen molar-refractivity contribution in [2.45, 2.75) is 18.6 Å². The fraction of sp³-hybridized carbons (Fsp3) is 0.700. The summed E-state index contributed by atoms with van der Waals surface area (Å²) >= 11 is 0. The first kappa shape index (κ1) is 15.2. The molecule has 0 aromatic carbocycles. The van der Waals surface area contributed by atoms with Crippen molar-refractivity contribution in [3.05, 3.63) is 0 Å². The van der Waals surface area contributed by atoms with E-state index in [1.807, 2.05) is 0 Å². The molecule has 0 bridgehead atoms. The average Bonchev–Trinajstić information content (AvgIpc) is 2.70. The van der Waals surface area contributed by atoms with Crippen LogP contribution in [0.2, 0.25) is 0 Å². The molecule has 1 fully saturated rings. The number of amides is 3. The van der Waals surface area contributed by atoms with Crippen LogP contribution in [-0.2, 0) is 14.3 Å². The van der Waals surface area contributed by atoms with Gasteiger partial charge in [-0.15, -0.1) is 0 Å². The standard InChI is InChI=1S/C10H17N3O6/c11-8(15)5-19-2-1-12-10(18)13-4-6(14)3-7(13)9(16)17/h6-7,14H,1-5H2,(H2,11,15)(H,12,18)(H,16,17). The number of hydrogen-bond acceptors (Lipinski definition) is 5. The maximum atomic E-state index is 11.7. The fourth-order valence-corrected chi connectivity index (χ4v) is 1.78. The Bertz CT molecular complexity index is 361. The zero-order valence-corrected chi connectivity index (χ0v) is 10.2. The highest BCUT2D eigenvalue weighted by Crippen LogP contribution is 2.17.